The number of halogens is 2. The molecule has 0 aliphatic carbocycles. The second kappa shape index (κ2) is 15.0. The second-order valence-electron chi connectivity index (χ2n) is 2.19. The Morgan fingerprint density at radius 2 is 1.59 bits per heavy atom. The van der Waals surface area contributed by atoms with Crippen molar-refractivity contribution in [3.63, 3.8) is 0 Å². The Morgan fingerprint density at radius 1 is 1.18 bits per heavy atom. The van der Waals surface area contributed by atoms with Crippen molar-refractivity contribution < 1.29 is 24.1 Å². The van der Waals surface area contributed by atoms with E-state index in [0.29, 0.717) is 0 Å². The van der Waals surface area contributed by atoms with Crippen molar-refractivity contribution in [1.29, 1.82) is 0 Å². The van der Waals surface area contributed by atoms with Crippen molar-refractivity contribution in [3.05, 3.63) is 35.4 Å². The Morgan fingerprint density at radius 3 is 1.88 bits per heavy atom. The lowest BCUT2D eigenvalue weighted by atomic mass is 10.1. The standard InChI is InChI=1S/C8H6F2O.C2H6.H3NS.H2O2/c1-5(11)6-2-3-7(9)8(10)4-6;3*1-2/h2-4H,1H3;1-2H3;2H,1H2;1-2H. The predicted octanol–water partition coefficient (Wildman–Crippen LogP) is 3.00. The van der Waals surface area contributed by atoms with E-state index in [4.69, 9.17) is 10.5 Å². The number of carbonyl (C=O) groups excluding carboxylic acids is 1. The maximum atomic E-state index is 12.4. The van der Waals surface area contributed by atoms with Crippen LogP contribution in [0.25, 0.3) is 0 Å². The molecule has 0 aliphatic rings. The van der Waals surface area contributed by atoms with Gasteiger partial charge >= 0.3 is 0 Å². The van der Waals surface area contributed by atoms with Gasteiger partial charge in [-0.15, -0.1) is 12.8 Å². The lowest BCUT2D eigenvalue weighted by Gasteiger charge is -1.95. The molecule has 1 rings (SSSR count). The van der Waals surface area contributed by atoms with Crippen LogP contribution in [0.2, 0.25) is 0 Å². The first-order valence-electron chi connectivity index (χ1n) is 4.53. The van der Waals surface area contributed by atoms with Gasteiger partial charge in [0.25, 0.3) is 0 Å². The van der Waals surface area contributed by atoms with Crippen molar-refractivity contribution >= 4 is 18.6 Å². The van der Waals surface area contributed by atoms with E-state index in [9.17, 15) is 13.6 Å². The lowest BCUT2D eigenvalue weighted by molar-refractivity contribution is -0.176. The zero-order valence-corrected chi connectivity index (χ0v) is 10.7. The number of thiol groups is 1. The minimum absolute atomic E-state index is 0.184. The molecule has 0 aromatic heterocycles. The fraction of sp³-hybridized carbons (Fsp3) is 0.300. The van der Waals surface area contributed by atoms with Crippen molar-refractivity contribution in [2.24, 2.45) is 5.14 Å². The van der Waals surface area contributed by atoms with Gasteiger partial charge in [0.2, 0.25) is 0 Å². The molecule has 0 heterocycles. The molecule has 0 spiro atoms. The Labute approximate surface area is 105 Å². The van der Waals surface area contributed by atoms with Crippen LogP contribution in [0.15, 0.2) is 18.2 Å². The fourth-order valence-electron chi connectivity index (χ4n) is 0.715. The third kappa shape index (κ3) is 9.88. The summed E-state index contributed by atoms with van der Waals surface area (Å²) in [5.41, 5.74) is 0.184. The SMILES string of the molecule is CC.CC(=O)c1ccc(F)c(F)c1.NS.OO. The number of hydrogen-bond acceptors (Lipinski definition) is 5. The summed E-state index contributed by atoms with van der Waals surface area (Å²) >= 11 is 3.03. The highest BCUT2D eigenvalue weighted by atomic mass is 32.1. The Bertz CT molecular complexity index is 312. The van der Waals surface area contributed by atoms with Crippen LogP contribution in [0.4, 0.5) is 8.78 Å². The topological polar surface area (TPSA) is 83.6 Å². The van der Waals surface area contributed by atoms with E-state index in [1.807, 2.05) is 13.8 Å². The monoisotopic (exact) mass is 269 g/mol. The van der Waals surface area contributed by atoms with Crippen molar-refractivity contribution in [3.8, 4) is 0 Å². The molecule has 100 valence electrons. The van der Waals surface area contributed by atoms with Crippen LogP contribution < -0.4 is 5.14 Å². The van der Waals surface area contributed by atoms with Gasteiger partial charge in [0.05, 0.1) is 0 Å². The maximum absolute atomic E-state index is 12.4. The van der Waals surface area contributed by atoms with Gasteiger partial charge in [-0.05, 0) is 25.1 Å². The normalized spacial score (nSPS) is 7.35. The Hall–Kier alpha value is -1.02. The summed E-state index contributed by atoms with van der Waals surface area (Å²) < 4.78 is 24.7. The van der Waals surface area contributed by atoms with E-state index in [0.717, 1.165) is 12.1 Å². The number of hydrogen-bond donors (Lipinski definition) is 4. The Kier molecular flexibility index (Phi) is 18.8. The highest BCUT2D eigenvalue weighted by molar-refractivity contribution is 7.77. The summed E-state index contributed by atoms with van der Waals surface area (Å²) in [6.07, 6.45) is 0. The van der Waals surface area contributed by atoms with Gasteiger partial charge in [-0.2, -0.15) is 0 Å². The van der Waals surface area contributed by atoms with Crippen molar-refractivity contribution in [2.75, 3.05) is 0 Å². The van der Waals surface area contributed by atoms with Crippen LogP contribution in [0.3, 0.4) is 0 Å². The minimum Gasteiger partial charge on any atom is -0.295 e. The average molecular weight is 269 g/mol. The molecule has 1 aromatic carbocycles. The van der Waals surface area contributed by atoms with Gasteiger partial charge in [-0.1, -0.05) is 13.8 Å². The summed E-state index contributed by atoms with van der Waals surface area (Å²) in [6.45, 7) is 5.30. The maximum Gasteiger partial charge on any atom is 0.159 e. The molecule has 0 saturated carbocycles. The quantitative estimate of drug-likeness (QED) is 0.273. The highest BCUT2D eigenvalue weighted by Gasteiger charge is 2.04. The second-order valence-corrected chi connectivity index (χ2v) is 2.19. The molecular formula is C10H17F2NO3S. The number of rotatable bonds is 1. The number of carbonyl (C=O) groups is 1. The van der Waals surface area contributed by atoms with Crippen LogP contribution in [-0.2, 0) is 0 Å². The largest absolute Gasteiger partial charge is 0.295 e. The van der Waals surface area contributed by atoms with E-state index in [-0.39, 0.29) is 11.3 Å². The molecular weight excluding hydrogens is 252 g/mol. The van der Waals surface area contributed by atoms with Gasteiger partial charge in [0.1, 0.15) is 0 Å². The summed E-state index contributed by atoms with van der Waals surface area (Å²) in [6, 6.07) is 3.07. The van der Waals surface area contributed by atoms with Gasteiger partial charge < -0.3 is 0 Å². The fourth-order valence-corrected chi connectivity index (χ4v) is 0.715. The highest BCUT2D eigenvalue weighted by Crippen LogP contribution is 2.08. The van der Waals surface area contributed by atoms with Crippen LogP contribution in [-0.4, -0.2) is 16.3 Å². The molecule has 0 aliphatic heterocycles. The lowest BCUT2D eigenvalue weighted by Crippen LogP contribution is -1.94. The molecule has 0 fully saturated rings. The van der Waals surface area contributed by atoms with Crippen LogP contribution in [0.1, 0.15) is 31.1 Å². The molecule has 0 saturated heterocycles. The molecule has 1 aromatic rings. The summed E-state index contributed by atoms with van der Waals surface area (Å²) in [5, 5.41) is 16.2. The van der Waals surface area contributed by atoms with Gasteiger partial charge in [-0.25, -0.2) is 8.78 Å². The molecule has 0 unspecified atom stereocenters. The molecule has 4 N–H and O–H groups in total. The first kappa shape index (κ1) is 21.3. The summed E-state index contributed by atoms with van der Waals surface area (Å²) in [4.78, 5) is 10.6. The molecule has 17 heavy (non-hydrogen) atoms. The summed E-state index contributed by atoms with van der Waals surface area (Å²) in [7, 11) is 0. The number of ketones is 1. The number of nitrogens with two attached hydrogens (primary N) is 1. The van der Waals surface area contributed by atoms with Gasteiger partial charge in [0.15, 0.2) is 17.4 Å². The van der Waals surface area contributed by atoms with Crippen LogP contribution in [0.5, 0.6) is 0 Å². The molecule has 4 nitrogen and oxygen atoms in total. The molecule has 7 heteroatoms. The molecule has 0 bridgehead atoms. The zero-order chi connectivity index (χ0) is 14.4. The van der Waals surface area contributed by atoms with E-state index < -0.39 is 11.6 Å². The smallest absolute Gasteiger partial charge is 0.159 e. The third-order valence-electron chi connectivity index (χ3n) is 1.33. The van der Waals surface area contributed by atoms with E-state index in [2.05, 4.69) is 18.0 Å². The summed E-state index contributed by atoms with van der Waals surface area (Å²) in [5.74, 6) is -2.20. The van der Waals surface area contributed by atoms with Crippen LogP contribution >= 0.6 is 12.8 Å². The van der Waals surface area contributed by atoms with Gasteiger partial charge in [0, 0.05) is 5.56 Å². The van der Waals surface area contributed by atoms with Crippen molar-refractivity contribution in [1.82, 2.24) is 0 Å². The molecule has 0 radical (unpaired) electrons. The predicted molar refractivity (Wildman–Crippen MR) is 66.1 cm³/mol. The average Bonchev–Trinajstić information content (AvgIpc) is 2.39. The van der Waals surface area contributed by atoms with E-state index in [1.165, 1.54) is 13.0 Å². The number of benzene rings is 1. The van der Waals surface area contributed by atoms with E-state index >= 15 is 0 Å². The van der Waals surface area contributed by atoms with Crippen LogP contribution in [0, 0.1) is 11.6 Å². The molecule has 0 atom stereocenters. The number of Topliss-reactive ketones (excluding diaryl/α,β-unsaturated/α-hetero) is 1. The molecule has 0 amide bonds. The van der Waals surface area contributed by atoms with Gasteiger partial charge in [-0.3, -0.25) is 20.4 Å². The third-order valence-corrected chi connectivity index (χ3v) is 1.33. The van der Waals surface area contributed by atoms with Crippen molar-refractivity contribution in [2.45, 2.75) is 20.8 Å². The first-order chi connectivity index (χ1) is 8.11. The Balaban J connectivity index is -0.000000285. The minimum atomic E-state index is -0.988. The van der Waals surface area contributed by atoms with E-state index in [1.54, 1.807) is 0 Å². The first-order valence-corrected chi connectivity index (χ1v) is 5.04. The zero-order valence-electron chi connectivity index (χ0n) is 9.82.